The molecule has 1 fully saturated rings. The van der Waals surface area contributed by atoms with Gasteiger partial charge in [0.15, 0.2) is 0 Å². The van der Waals surface area contributed by atoms with Crippen LogP contribution in [-0.4, -0.2) is 34.2 Å². The zero-order valence-corrected chi connectivity index (χ0v) is 16.1. The number of hydrogen-bond acceptors (Lipinski definition) is 9. The number of benzene rings is 1. The van der Waals surface area contributed by atoms with Crippen molar-refractivity contribution >= 4 is 35.2 Å². The number of aliphatic carboxylic acids is 1. The minimum absolute atomic E-state index is 0.0645. The van der Waals surface area contributed by atoms with E-state index in [0.717, 1.165) is 56.2 Å². The molecule has 1 aromatic carbocycles. The molecule has 2 heterocycles. The van der Waals surface area contributed by atoms with Crippen LogP contribution in [0.3, 0.4) is 0 Å². The molecule has 0 amide bonds. The molecule has 2 aromatic rings. The van der Waals surface area contributed by atoms with Gasteiger partial charge in [-0.1, -0.05) is 12.8 Å². The summed E-state index contributed by atoms with van der Waals surface area (Å²) in [4.78, 5) is 24.3. The number of carboxylic acid groups (broad SMARTS) is 1. The Bertz CT molecular complexity index is 903. The zero-order chi connectivity index (χ0) is 20.1. The van der Waals surface area contributed by atoms with Gasteiger partial charge in [0.2, 0.25) is 5.89 Å². The Morgan fingerprint density at radius 1 is 1.25 bits per heavy atom. The Hall–Kier alpha value is -2.88. The molecule has 1 aliphatic heterocycles. The fourth-order valence-corrected chi connectivity index (χ4v) is 3.76. The van der Waals surface area contributed by atoms with Gasteiger partial charge in [-0.25, -0.2) is 0 Å². The van der Waals surface area contributed by atoms with Gasteiger partial charge < -0.3 is 19.2 Å². The van der Waals surface area contributed by atoms with Crippen LogP contribution in [0.2, 0.25) is 0 Å². The fourth-order valence-electron chi connectivity index (χ4n) is 3.06. The number of nitro groups is 1. The van der Waals surface area contributed by atoms with Crippen molar-refractivity contribution in [1.29, 1.82) is 0 Å². The lowest BCUT2D eigenvalue weighted by Crippen LogP contribution is -2.25. The molecule has 0 saturated carbocycles. The second kappa shape index (κ2) is 8.87. The van der Waals surface area contributed by atoms with Crippen molar-refractivity contribution in [2.75, 3.05) is 18.0 Å². The van der Waals surface area contributed by atoms with Gasteiger partial charge in [0, 0.05) is 48.3 Å². The van der Waals surface area contributed by atoms with Crippen LogP contribution in [0.5, 0.6) is 0 Å². The Kier molecular flexibility index (Phi) is 6.30. The third-order valence-corrected chi connectivity index (χ3v) is 5.21. The first kappa shape index (κ1) is 19.9. The van der Waals surface area contributed by atoms with Gasteiger partial charge in [-0.3, -0.25) is 10.1 Å². The number of anilines is 1. The average Bonchev–Trinajstić information content (AvgIpc) is 2.90. The van der Waals surface area contributed by atoms with Crippen molar-refractivity contribution in [2.24, 2.45) is 0 Å². The van der Waals surface area contributed by atoms with Crippen molar-refractivity contribution in [3.05, 3.63) is 44.7 Å². The number of aryl methyl sites for hydroxylation is 1. The lowest BCUT2D eigenvalue weighted by Gasteiger charge is -2.25. The van der Waals surface area contributed by atoms with Gasteiger partial charge in [-0.2, -0.15) is 0 Å². The molecular formula is C18H19N4O5S-. The maximum absolute atomic E-state index is 11.6. The van der Waals surface area contributed by atoms with E-state index in [2.05, 4.69) is 15.1 Å². The van der Waals surface area contributed by atoms with Crippen LogP contribution in [0.15, 0.2) is 32.7 Å². The van der Waals surface area contributed by atoms with Crippen LogP contribution >= 0.6 is 11.8 Å². The summed E-state index contributed by atoms with van der Waals surface area (Å²) >= 11 is 0.757. The molecule has 1 aromatic heterocycles. The summed E-state index contributed by atoms with van der Waals surface area (Å²) in [5.74, 6) is -1.12. The minimum Gasteiger partial charge on any atom is -0.544 e. The monoisotopic (exact) mass is 403 g/mol. The van der Waals surface area contributed by atoms with E-state index in [1.54, 1.807) is 13.0 Å². The number of rotatable bonds is 6. The zero-order valence-electron chi connectivity index (χ0n) is 15.3. The van der Waals surface area contributed by atoms with E-state index in [-0.39, 0.29) is 15.8 Å². The molecule has 0 aliphatic carbocycles. The normalized spacial score (nSPS) is 15.3. The Morgan fingerprint density at radius 2 is 1.96 bits per heavy atom. The number of nitro benzene ring substituents is 1. The van der Waals surface area contributed by atoms with Crippen LogP contribution in [0.25, 0.3) is 6.08 Å². The van der Waals surface area contributed by atoms with Crippen LogP contribution in [0, 0.1) is 17.0 Å². The number of non-ortho nitro benzene ring substituents is 1. The highest BCUT2D eigenvalue weighted by Gasteiger charge is 2.18. The molecule has 1 aliphatic rings. The molecule has 0 spiro atoms. The van der Waals surface area contributed by atoms with Crippen LogP contribution < -0.4 is 10.0 Å². The summed E-state index contributed by atoms with van der Waals surface area (Å²) in [5, 5.41) is 30.4. The van der Waals surface area contributed by atoms with Crippen molar-refractivity contribution in [3.63, 3.8) is 0 Å². The quantitative estimate of drug-likeness (QED) is 0.309. The molecule has 0 bridgehead atoms. The van der Waals surface area contributed by atoms with Gasteiger partial charge in [0.1, 0.15) is 0 Å². The molecule has 0 unspecified atom stereocenters. The Balaban J connectivity index is 2.02. The molecule has 148 valence electrons. The van der Waals surface area contributed by atoms with E-state index in [4.69, 9.17) is 4.42 Å². The number of nitrogens with zero attached hydrogens (tertiary/aromatic N) is 4. The van der Waals surface area contributed by atoms with Crippen molar-refractivity contribution in [3.8, 4) is 0 Å². The summed E-state index contributed by atoms with van der Waals surface area (Å²) in [5.41, 5.74) is 1.09. The molecule has 10 heteroatoms. The van der Waals surface area contributed by atoms with Crippen LogP contribution in [-0.2, 0) is 4.79 Å². The fraction of sp³-hybridized carbons (Fsp3) is 0.389. The SMILES string of the molecule is Cc1nnc(S/C(=C/c2cc([N+](=O)[O-])ccc2N2CCCCCC2)C(=O)[O-])o1. The maximum atomic E-state index is 11.6. The number of carboxylic acids is 1. The molecule has 0 N–H and O–H groups in total. The Labute approximate surface area is 165 Å². The van der Waals surface area contributed by atoms with Crippen LogP contribution in [0.1, 0.15) is 37.1 Å². The topological polar surface area (TPSA) is 125 Å². The largest absolute Gasteiger partial charge is 0.544 e. The maximum Gasteiger partial charge on any atom is 0.281 e. The molecule has 0 atom stereocenters. The van der Waals surface area contributed by atoms with Gasteiger partial charge in [-0.05, 0) is 36.7 Å². The summed E-state index contributed by atoms with van der Waals surface area (Å²) in [6, 6.07) is 4.48. The number of aromatic nitrogens is 2. The lowest BCUT2D eigenvalue weighted by molar-refractivity contribution is -0.384. The van der Waals surface area contributed by atoms with E-state index in [1.807, 2.05) is 0 Å². The summed E-state index contributed by atoms with van der Waals surface area (Å²) < 4.78 is 5.22. The van der Waals surface area contributed by atoms with Crippen LogP contribution in [0.4, 0.5) is 11.4 Å². The van der Waals surface area contributed by atoms with Gasteiger partial charge in [0.25, 0.3) is 10.9 Å². The number of carbonyl (C=O) groups is 1. The van der Waals surface area contributed by atoms with Crippen molar-refractivity contribution < 1.29 is 19.2 Å². The van der Waals surface area contributed by atoms with E-state index in [0.29, 0.717) is 11.5 Å². The first-order valence-electron chi connectivity index (χ1n) is 8.88. The second-order valence-corrected chi connectivity index (χ2v) is 7.38. The molecule has 1 saturated heterocycles. The molecular weight excluding hydrogens is 384 g/mol. The third-order valence-electron chi connectivity index (χ3n) is 4.36. The van der Waals surface area contributed by atoms with E-state index in [1.165, 1.54) is 18.2 Å². The molecule has 3 rings (SSSR count). The molecule has 28 heavy (non-hydrogen) atoms. The smallest absolute Gasteiger partial charge is 0.281 e. The third kappa shape index (κ3) is 4.89. The predicted molar refractivity (Wildman–Crippen MR) is 102 cm³/mol. The highest BCUT2D eigenvalue weighted by atomic mass is 32.2. The summed E-state index contributed by atoms with van der Waals surface area (Å²) in [6.07, 6.45) is 5.66. The average molecular weight is 403 g/mol. The first-order valence-corrected chi connectivity index (χ1v) is 9.70. The highest BCUT2D eigenvalue weighted by molar-refractivity contribution is 8.03. The predicted octanol–water partition coefficient (Wildman–Crippen LogP) is 2.55. The standard InChI is InChI=1S/C18H20N4O5S/c1-12-19-20-18(27-12)28-16(17(23)24)11-13-10-14(22(25)26)6-7-15(13)21-8-4-2-3-5-9-21/h6-7,10-11H,2-5,8-9H2,1H3,(H,23,24)/p-1/b16-11+. The number of thioether (sulfide) groups is 1. The minimum atomic E-state index is -1.42. The van der Waals surface area contributed by atoms with E-state index in [9.17, 15) is 20.0 Å². The van der Waals surface area contributed by atoms with Gasteiger partial charge in [-0.15, -0.1) is 10.2 Å². The Morgan fingerprint density at radius 3 is 2.54 bits per heavy atom. The van der Waals surface area contributed by atoms with Crippen molar-refractivity contribution in [2.45, 2.75) is 37.8 Å². The van der Waals surface area contributed by atoms with E-state index >= 15 is 0 Å². The van der Waals surface area contributed by atoms with Gasteiger partial charge >= 0.3 is 0 Å². The van der Waals surface area contributed by atoms with Crippen molar-refractivity contribution in [1.82, 2.24) is 10.2 Å². The summed E-state index contributed by atoms with van der Waals surface area (Å²) in [7, 11) is 0. The number of carbonyl (C=O) groups excluding carboxylic acids is 1. The second-order valence-electron chi connectivity index (χ2n) is 6.39. The summed E-state index contributed by atoms with van der Waals surface area (Å²) in [6.45, 7) is 3.22. The highest BCUT2D eigenvalue weighted by Crippen LogP contribution is 2.33. The number of hydrogen-bond donors (Lipinski definition) is 0. The first-order chi connectivity index (χ1) is 13.4. The lowest BCUT2D eigenvalue weighted by atomic mass is 10.1. The van der Waals surface area contributed by atoms with E-state index < -0.39 is 10.9 Å². The molecule has 9 nitrogen and oxygen atoms in total. The van der Waals surface area contributed by atoms with Gasteiger partial charge in [0.05, 0.1) is 10.9 Å². The molecule has 0 radical (unpaired) electrons.